The molecule has 0 aliphatic heterocycles. The Balaban J connectivity index is 4.02. The Morgan fingerprint density at radius 2 is 1.36 bits per heavy atom. The van der Waals surface area contributed by atoms with Crippen molar-refractivity contribution in [3.63, 3.8) is 0 Å². The summed E-state index contributed by atoms with van der Waals surface area (Å²) in [4.78, 5) is 24.8. The number of quaternary nitrogens is 1. The number of nitrogens with one attached hydrogen (secondary N) is 4. The van der Waals surface area contributed by atoms with E-state index in [0.29, 0.717) is 23.9 Å². The Bertz CT molecular complexity index is 702. The highest BCUT2D eigenvalue weighted by molar-refractivity contribution is 5.75. The van der Waals surface area contributed by atoms with Gasteiger partial charge in [0.25, 0.3) is 0 Å². The SMILES string of the molecule is C=C(C)NC(C)CCC(=O)[N+](C)(C)CCCC(=C)NC(C)CCC(=O)NCCCC(=C)NCCCC. The smallest absolute Gasteiger partial charge is 0.313 e. The molecule has 0 aromatic heterocycles. The summed E-state index contributed by atoms with van der Waals surface area (Å²) in [5.74, 6) is 0.338. The van der Waals surface area contributed by atoms with Crippen LogP contribution in [0.4, 0.5) is 0 Å². The molecular formula is C29H56N5O2+. The molecule has 2 unspecified atom stereocenters. The number of unbranched alkanes of at least 4 members (excludes halogenated alkanes) is 1. The monoisotopic (exact) mass is 506 g/mol. The molecule has 208 valence electrons. The molecule has 4 N–H and O–H groups in total. The molecule has 0 saturated heterocycles. The summed E-state index contributed by atoms with van der Waals surface area (Å²) >= 11 is 0. The largest absolute Gasteiger partial charge is 0.389 e. The topological polar surface area (TPSA) is 82.3 Å². The first-order chi connectivity index (χ1) is 16.9. The van der Waals surface area contributed by atoms with Crippen molar-refractivity contribution >= 4 is 11.8 Å². The number of carbonyl (C=O) groups is 2. The van der Waals surface area contributed by atoms with Crippen molar-refractivity contribution < 1.29 is 14.1 Å². The van der Waals surface area contributed by atoms with Crippen LogP contribution in [-0.4, -0.2) is 62.1 Å². The first kappa shape index (κ1) is 33.7. The van der Waals surface area contributed by atoms with Crippen molar-refractivity contribution in [3.8, 4) is 0 Å². The normalized spacial score (nSPS) is 12.8. The van der Waals surface area contributed by atoms with E-state index >= 15 is 0 Å². The van der Waals surface area contributed by atoms with Crippen LogP contribution in [0.5, 0.6) is 0 Å². The summed E-state index contributed by atoms with van der Waals surface area (Å²) < 4.78 is 0.380. The van der Waals surface area contributed by atoms with Gasteiger partial charge in [-0.1, -0.05) is 33.1 Å². The van der Waals surface area contributed by atoms with Crippen LogP contribution in [0.15, 0.2) is 36.8 Å². The highest BCUT2D eigenvalue weighted by Crippen LogP contribution is 2.11. The summed E-state index contributed by atoms with van der Waals surface area (Å²) in [7, 11) is 3.96. The first-order valence-electron chi connectivity index (χ1n) is 13.8. The molecule has 0 aromatic rings. The van der Waals surface area contributed by atoms with Crippen LogP contribution in [-0.2, 0) is 9.59 Å². The minimum absolute atomic E-state index is 0.0872. The van der Waals surface area contributed by atoms with Gasteiger partial charge in [-0.2, -0.15) is 0 Å². The third-order valence-electron chi connectivity index (χ3n) is 6.29. The predicted octanol–water partition coefficient (Wildman–Crippen LogP) is 4.73. The number of hydrogen-bond acceptors (Lipinski definition) is 5. The average Bonchev–Trinajstić information content (AvgIpc) is 2.78. The number of nitrogens with zero attached hydrogens (tertiary/aromatic N) is 1. The molecule has 0 aliphatic rings. The number of allylic oxidation sites excluding steroid dienone is 3. The maximum Gasteiger partial charge on any atom is 0.313 e. The molecule has 0 aliphatic carbocycles. The Morgan fingerprint density at radius 1 is 0.778 bits per heavy atom. The molecule has 0 rings (SSSR count). The van der Waals surface area contributed by atoms with Gasteiger partial charge in [0.05, 0.1) is 27.1 Å². The van der Waals surface area contributed by atoms with E-state index in [1.807, 2.05) is 21.0 Å². The summed E-state index contributed by atoms with van der Waals surface area (Å²) in [6.45, 7) is 22.7. The average molecular weight is 507 g/mol. The van der Waals surface area contributed by atoms with Gasteiger partial charge in [-0.15, -0.1) is 0 Å². The summed E-state index contributed by atoms with van der Waals surface area (Å²) in [6.07, 6.45) is 8.41. The first-order valence-corrected chi connectivity index (χ1v) is 13.8. The van der Waals surface area contributed by atoms with Crippen molar-refractivity contribution in [2.75, 3.05) is 33.7 Å². The molecule has 0 radical (unpaired) electrons. The lowest BCUT2D eigenvalue weighted by Crippen LogP contribution is -2.46. The minimum atomic E-state index is 0.0872. The van der Waals surface area contributed by atoms with Crippen LogP contribution in [0, 0.1) is 0 Å². The Morgan fingerprint density at radius 3 is 2.00 bits per heavy atom. The highest BCUT2D eigenvalue weighted by atomic mass is 16.2. The fourth-order valence-corrected chi connectivity index (χ4v) is 3.94. The van der Waals surface area contributed by atoms with Crippen LogP contribution in [0.2, 0.25) is 0 Å². The molecular weight excluding hydrogens is 450 g/mol. The van der Waals surface area contributed by atoms with Crippen molar-refractivity contribution in [2.45, 2.75) is 104 Å². The fraction of sp³-hybridized carbons (Fsp3) is 0.724. The minimum Gasteiger partial charge on any atom is -0.389 e. The van der Waals surface area contributed by atoms with Gasteiger partial charge in [-0.25, -0.2) is 4.79 Å². The second kappa shape index (κ2) is 18.9. The van der Waals surface area contributed by atoms with Crippen LogP contribution < -0.4 is 21.3 Å². The third-order valence-corrected chi connectivity index (χ3v) is 6.29. The van der Waals surface area contributed by atoms with Crippen LogP contribution in [0.3, 0.4) is 0 Å². The molecule has 0 heterocycles. The molecule has 0 saturated carbocycles. The maximum atomic E-state index is 12.7. The zero-order valence-electron chi connectivity index (χ0n) is 24.2. The molecule has 7 nitrogen and oxygen atoms in total. The lowest BCUT2D eigenvalue weighted by Gasteiger charge is -2.28. The van der Waals surface area contributed by atoms with Crippen LogP contribution >= 0.6 is 0 Å². The van der Waals surface area contributed by atoms with E-state index in [1.54, 1.807) is 0 Å². The second-order valence-electron chi connectivity index (χ2n) is 10.8. The highest BCUT2D eigenvalue weighted by Gasteiger charge is 2.26. The van der Waals surface area contributed by atoms with Gasteiger partial charge in [-0.3, -0.25) is 9.28 Å². The molecule has 36 heavy (non-hydrogen) atoms. The Hall–Kier alpha value is -2.28. The number of amides is 2. The van der Waals surface area contributed by atoms with E-state index in [2.05, 4.69) is 61.8 Å². The van der Waals surface area contributed by atoms with Gasteiger partial charge < -0.3 is 21.3 Å². The van der Waals surface area contributed by atoms with E-state index < -0.39 is 0 Å². The zero-order valence-corrected chi connectivity index (χ0v) is 24.2. The number of rotatable bonds is 22. The van der Waals surface area contributed by atoms with Crippen molar-refractivity contribution in [1.82, 2.24) is 21.3 Å². The van der Waals surface area contributed by atoms with Crippen molar-refractivity contribution in [2.24, 2.45) is 0 Å². The second-order valence-corrected chi connectivity index (χ2v) is 10.8. The third kappa shape index (κ3) is 18.1. The van der Waals surface area contributed by atoms with Crippen molar-refractivity contribution in [1.29, 1.82) is 0 Å². The Kier molecular flexibility index (Phi) is 17.7. The molecule has 0 spiro atoms. The maximum absolute atomic E-state index is 12.7. The lowest BCUT2D eigenvalue weighted by atomic mass is 10.1. The van der Waals surface area contributed by atoms with Gasteiger partial charge in [-0.05, 0) is 59.3 Å². The molecule has 2 amide bonds. The summed E-state index contributed by atoms with van der Waals surface area (Å²) in [6, 6.07) is 0.425. The fourth-order valence-electron chi connectivity index (χ4n) is 3.94. The van der Waals surface area contributed by atoms with Crippen LogP contribution in [0.25, 0.3) is 0 Å². The van der Waals surface area contributed by atoms with Gasteiger partial charge >= 0.3 is 5.91 Å². The number of carbonyl (C=O) groups excluding carboxylic acids is 2. The molecule has 2 atom stereocenters. The van der Waals surface area contributed by atoms with Gasteiger partial charge in [0.1, 0.15) is 0 Å². The van der Waals surface area contributed by atoms with Crippen molar-refractivity contribution in [3.05, 3.63) is 36.8 Å². The quantitative estimate of drug-likeness (QED) is 0.126. The van der Waals surface area contributed by atoms with Crippen LogP contribution in [0.1, 0.15) is 91.9 Å². The standard InChI is InChI=1S/C29H55N5O2/c1-10-11-20-30-24(4)14-12-21-31-28(35)18-16-27(7)33-25(5)15-13-22-34(8,9)29(36)19-17-26(6)32-23(2)3/h26-27,30,32-33H,2,4-5,10-22H2,1,3,6-9H3/p+1. The summed E-state index contributed by atoms with van der Waals surface area (Å²) in [5, 5.41) is 13.0. The summed E-state index contributed by atoms with van der Waals surface area (Å²) in [5.41, 5.74) is 2.94. The molecule has 0 aromatic carbocycles. The van der Waals surface area contributed by atoms with E-state index in [9.17, 15) is 9.59 Å². The Labute approximate surface area is 221 Å². The van der Waals surface area contributed by atoms with E-state index in [4.69, 9.17) is 0 Å². The van der Waals surface area contributed by atoms with Gasteiger partial charge in [0, 0.05) is 55.1 Å². The van der Waals surface area contributed by atoms with E-state index in [1.165, 1.54) is 6.42 Å². The van der Waals surface area contributed by atoms with E-state index in [-0.39, 0.29) is 23.9 Å². The molecule has 0 fully saturated rings. The van der Waals surface area contributed by atoms with Gasteiger partial charge in [0.15, 0.2) is 0 Å². The number of hydrogen-bond donors (Lipinski definition) is 4. The lowest BCUT2D eigenvalue weighted by molar-refractivity contribution is -0.814. The zero-order chi connectivity index (χ0) is 27.6. The predicted molar refractivity (Wildman–Crippen MR) is 153 cm³/mol. The molecule has 7 heteroatoms. The van der Waals surface area contributed by atoms with Gasteiger partial charge in [0.2, 0.25) is 5.91 Å². The molecule has 0 bridgehead atoms. The van der Waals surface area contributed by atoms with E-state index in [0.717, 1.165) is 75.1 Å².